The summed E-state index contributed by atoms with van der Waals surface area (Å²) in [4.78, 5) is 4.03. The van der Waals surface area contributed by atoms with Gasteiger partial charge in [-0.15, -0.1) is 0 Å². The first-order chi connectivity index (χ1) is 9.92. The molecule has 5 nitrogen and oxygen atoms in total. The van der Waals surface area contributed by atoms with Gasteiger partial charge in [0.15, 0.2) is 0 Å². The zero-order chi connectivity index (χ0) is 15.5. The highest BCUT2D eigenvalue weighted by atomic mass is 79.9. The smallest absolute Gasteiger partial charge is 0.263 e. The van der Waals surface area contributed by atoms with Crippen LogP contribution in [0.1, 0.15) is 6.92 Å². The highest BCUT2D eigenvalue weighted by molar-refractivity contribution is 9.10. The average molecular weight is 391 g/mol. The average Bonchev–Trinajstić information content (AvgIpc) is 2.40. The fourth-order valence-electron chi connectivity index (χ4n) is 1.63. The van der Waals surface area contributed by atoms with Crippen molar-refractivity contribution in [3.05, 3.63) is 46.0 Å². The van der Waals surface area contributed by atoms with E-state index in [4.69, 9.17) is 11.6 Å². The van der Waals surface area contributed by atoms with Gasteiger partial charge in [-0.2, -0.15) is 0 Å². The van der Waals surface area contributed by atoms with Crippen LogP contribution < -0.4 is 10.0 Å². The number of benzene rings is 1. The lowest BCUT2D eigenvalue weighted by Gasteiger charge is -2.10. The number of halogens is 2. The maximum absolute atomic E-state index is 12.3. The first kappa shape index (κ1) is 16.1. The summed E-state index contributed by atoms with van der Waals surface area (Å²) < 4.78 is 27.8. The Balaban J connectivity index is 2.29. The first-order valence-electron chi connectivity index (χ1n) is 6.10. The molecule has 112 valence electrons. The summed E-state index contributed by atoms with van der Waals surface area (Å²) in [5, 5.41) is 3.21. The van der Waals surface area contributed by atoms with Gasteiger partial charge in [-0.25, -0.2) is 13.4 Å². The van der Waals surface area contributed by atoms with Gasteiger partial charge in [0, 0.05) is 22.9 Å². The first-order valence-corrected chi connectivity index (χ1v) is 8.75. The molecule has 0 unspecified atom stereocenters. The molecule has 0 spiro atoms. The van der Waals surface area contributed by atoms with Crippen molar-refractivity contribution >= 4 is 49.1 Å². The molecule has 0 aliphatic rings. The Morgan fingerprint density at radius 1 is 1.33 bits per heavy atom. The van der Waals surface area contributed by atoms with Crippen LogP contribution >= 0.6 is 27.5 Å². The van der Waals surface area contributed by atoms with Crippen molar-refractivity contribution in [3.8, 4) is 0 Å². The van der Waals surface area contributed by atoms with Crippen LogP contribution in [-0.4, -0.2) is 19.9 Å². The Morgan fingerprint density at radius 3 is 2.71 bits per heavy atom. The number of sulfonamides is 1. The number of rotatable bonds is 5. The van der Waals surface area contributed by atoms with E-state index < -0.39 is 10.0 Å². The summed E-state index contributed by atoms with van der Waals surface area (Å²) in [6.07, 6.45) is 1.27. The van der Waals surface area contributed by atoms with E-state index in [0.29, 0.717) is 18.1 Å². The van der Waals surface area contributed by atoms with Crippen molar-refractivity contribution in [3.63, 3.8) is 0 Å². The van der Waals surface area contributed by atoms with Gasteiger partial charge >= 0.3 is 0 Å². The molecule has 21 heavy (non-hydrogen) atoms. The lowest BCUT2D eigenvalue weighted by atomic mass is 10.3. The number of nitrogens with one attached hydrogen (secondary N) is 2. The molecule has 8 heteroatoms. The minimum Gasteiger partial charge on any atom is -0.369 e. The lowest BCUT2D eigenvalue weighted by Crippen LogP contribution is -2.13. The molecule has 0 fully saturated rings. The van der Waals surface area contributed by atoms with Crippen molar-refractivity contribution < 1.29 is 8.42 Å². The zero-order valence-electron chi connectivity index (χ0n) is 11.1. The third kappa shape index (κ3) is 4.09. The van der Waals surface area contributed by atoms with Gasteiger partial charge in [-0.3, -0.25) is 4.72 Å². The molecule has 0 aliphatic carbocycles. The molecule has 2 rings (SSSR count). The largest absolute Gasteiger partial charge is 0.369 e. The SMILES string of the molecule is CCNc1ncc(S(=O)(=O)Nc2cccc(Br)c2)cc1Cl. The van der Waals surface area contributed by atoms with Crippen LogP contribution in [0.3, 0.4) is 0 Å². The van der Waals surface area contributed by atoms with Crippen LogP contribution in [0.15, 0.2) is 45.9 Å². The van der Waals surface area contributed by atoms with Gasteiger partial charge in [-0.1, -0.05) is 33.6 Å². The Hall–Kier alpha value is -1.31. The van der Waals surface area contributed by atoms with Crippen LogP contribution in [0.4, 0.5) is 11.5 Å². The van der Waals surface area contributed by atoms with Crippen molar-refractivity contribution in [2.45, 2.75) is 11.8 Å². The second kappa shape index (κ2) is 6.64. The zero-order valence-corrected chi connectivity index (χ0v) is 14.3. The number of hydrogen-bond donors (Lipinski definition) is 2. The third-order valence-electron chi connectivity index (χ3n) is 2.55. The predicted octanol–water partition coefficient (Wildman–Crippen LogP) is 3.73. The molecule has 1 aromatic heterocycles. The molecule has 2 aromatic rings. The van der Waals surface area contributed by atoms with Crippen LogP contribution in [0.25, 0.3) is 0 Å². The standard InChI is InChI=1S/C13H13BrClN3O2S/c1-2-16-13-12(15)7-11(8-17-13)21(19,20)18-10-5-3-4-9(14)6-10/h3-8,18H,2H2,1H3,(H,16,17). The summed E-state index contributed by atoms with van der Waals surface area (Å²) in [6.45, 7) is 2.55. The van der Waals surface area contributed by atoms with Gasteiger partial charge in [-0.05, 0) is 31.2 Å². The second-order valence-electron chi connectivity index (χ2n) is 4.15. The fourth-order valence-corrected chi connectivity index (χ4v) is 3.35. The van der Waals surface area contributed by atoms with Gasteiger partial charge < -0.3 is 5.32 Å². The number of nitrogens with zero attached hydrogens (tertiary/aromatic N) is 1. The summed E-state index contributed by atoms with van der Waals surface area (Å²) in [6, 6.07) is 8.24. The molecular formula is C13H13BrClN3O2S. The van der Waals surface area contributed by atoms with Crippen molar-refractivity contribution in [2.75, 3.05) is 16.6 Å². The van der Waals surface area contributed by atoms with E-state index in [2.05, 4.69) is 31.0 Å². The van der Waals surface area contributed by atoms with Crippen LogP contribution in [0.2, 0.25) is 5.02 Å². The van der Waals surface area contributed by atoms with E-state index in [1.54, 1.807) is 24.3 Å². The molecule has 2 N–H and O–H groups in total. The van der Waals surface area contributed by atoms with Crippen molar-refractivity contribution in [2.24, 2.45) is 0 Å². The van der Waals surface area contributed by atoms with Crippen molar-refractivity contribution in [1.82, 2.24) is 4.98 Å². The Kier molecular flexibility index (Phi) is 5.08. The maximum Gasteiger partial charge on any atom is 0.263 e. The van der Waals surface area contributed by atoms with E-state index in [0.717, 1.165) is 4.47 Å². The number of pyridine rings is 1. The molecule has 1 heterocycles. The monoisotopic (exact) mass is 389 g/mol. The van der Waals surface area contributed by atoms with E-state index in [1.165, 1.54) is 12.3 Å². The molecule has 0 amide bonds. The predicted molar refractivity (Wildman–Crippen MR) is 88.4 cm³/mol. The fraction of sp³-hybridized carbons (Fsp3) is 0.154. The lowest BCUT2D eigenvalue weighted by molar-refractivity contribution is 0.601. The normalized spacial score (nSPS) is 11.2. The number of anilines is 2. The highest BCUT2D eigenvalue weighted by Crippen LogP contribution is 2.24. The van der Waals surface area contributed by atoms with Gasteiger partial charge in [0.2, 0.25) is 0 Å². The van der Waals surface area contributed by atoms with Crippen LogP contribution in [0.5, 0.6) is 0 Å². The summed E-state index contributed by atoms with van der Waals surface area (Å²) >= 11 is 9.31. The number of hydrogen-bond acceptors (Lipinski definition) is 4. The topological polar surface area (TPSA) is 71.1 Å². The van der Waals surface area contributed by atoms with Gasteiger partial charge in [0.05, 0.1) is 5.02 Å². The number of aromatic nitrogens is 1. The van der Waals surface area contributed by atoms with Crippen LogP contribution in [-0.2, 0) is 10.0 Å². The minimum atomic E-state index is -3.73. The Morgan fingerprint density at radius 2 is 2.10 bits per heavy atom. The minimum absolute atomic E-state index is 0.00845. The summed E-state index contributed by atoms with van der Waals surface area (Å²) in [7, 11) is -3.73. The molecular weight excluding hydrogens is 378 g/mol. The highest BCUT2D eigenvalue weighted by Gasteiger charge is 2.16. The van der Waals surface area contributed by atoms with E-state index in [-0.39, 0.29) is 9.92 Å². The molecule has 1 aromatic carbocycles. The molecule has 0 saturated carbocycles. The van der Waals surface area contributed by atoms with E-state index in [9.17, 15) is 8.42 Å². The molecule has 0 atom stereocenters. The second-order valence-corrected chi connectivity index (χ2v) is 7.15. The molecule has 0 aliphatic heterocycles. The van der Waals surface area contributed by atoms with Gasteiger partial charge in [0.1, 0.15) is 10.7 Å². The molecule has 0 bridgehead atoms. The van der Waals surface area contributed by atoms with Crippen molar-refractivity contribution in [1.29, 1.82) is 0 Å². The molecule has 0 radical (unpaired) electrons. The maximum atomic E-state index is 12.3. The van der Waals surface area contributed by atoms with E-state index in [1.807, 2.05) is 6.92 Å². The quantitative estimate of drug-likeness (QED) is 0.816. The van der Waals surface area contributed by atoms with Crippen LogP contribution in [0, 0.1) is 0 Å². The Labute approximate surface area is 136 Å². The Bertz CT molecular complexity index is 753. The summed E-state index contributed by atoms with van der Waals surface area (Å²) in [5.74, 6) is 0.459. The van der Waals surface area contributed by atoms with E-state index >= 15 is 0 Å². The molecule has 0 saturated heterocycles. The van der Waals surface area contributed by atoms with Gasteiger partial charge in [0.25, 0.3) is 10.0 Å². The summed E-state index contributed by atoms with van der Waals surface area (Å²) in [5.41, 5.74) is 0.455. The third-order valence-corrected chi connectivity index (χ3v) is 4.68.